The van der Waals surface area contributed by atoms with Gasteiger partial charge in [0, 0.05) is 75.5 Å². The first-order chi connectivity index (χ1) is 30.3. The highest BCUT2D eigenvalue weighted by molar-refractivity contribution is 8.00. The number of para-hydroxylation sites is 4. The Morgan fingerprint density at radius 3 is 1.67 bits per heavy atom. The Morgan fingerprint density at radius 1 is 0.344 bits per heavy atom. The molecule has 1 aromatic heterocycles. The lowest BCUT2D eigenvalue weighted by Gasteiger charge is -2.45. The van der Waals surface area contributed by atoms with E-state index in [-0.39, 0.29) is 13.4 Å². The SMILES string of the molecule is c1ccc(N2c3ccccc3B3c4cc5c(cc4Sc4cccc2c43)N(c2ccccc2)c2cccc3c2B5c2ccc4sc5ccccc5c4c2N3c2ccccc2)cc1. The Kier molecular flexibility index (Phi) is 7.10. The van der Waals surface area contributed by atoms with Crippen LogP contribution in [0, 0.1) is 0 Å². The molecule has 282 valence electrons. The van der Waals surface area contributed by atoms with Crippen molar-refractivity contribution in [2.75, 3.05) is 14.7 Å². The lowest BCUT2D eigenvalue weighted by atomic mass is 9.31. The van der Waals surface area contributed by atoms with E-state index in [0.29, 0.717) is 0 Å². The summed E-state index contributed by atoms with van der Waals surface area (Å²) in [4.78, 5) is 10.2. The van der Waals surface area contributed by atoms with E-state index in [2.05, 4.69) is 215 Å². The van der Waals surface area contributed by atoms with Crippen LogP contribution in [-0.2, 0) is 0 Å². The minimum absolute atomic E-state index is 0.00535. The van der Waals surface area contributed by atoms with Crippen molar-refractivity contribution >= 4 is 141 Å². The normalized spacial score (nSPS) is 14.0. The summed E-state index contributed by atoms with van der Waals surface area (Å²) in [7, 11) is 0. The van der Waals surface area contributed by atoms with Gasteiger partial charge in [-0.05, 0) is 112 Å². The summed E-state index contributed by atoms with van der Waals surface area (Å²) in [5, 5.41) is 2.65. The molecule has 4 aliphatic heterocycles. The first kappa shape index (κ1) is 33.9. The second kappa shape index (κ2) is 12.8. The molecule has 0 unspecified atom stereocenters. The van der Waals surface area contributed by atoms with E-state index in [1.807, 2.05) is 23.1 Å². The van der Waals surface area contributed by atoms with Crippen LogP contribution in [0.3, 0.4) is 0 Å². The number of hydrogen-bond donors (Lipinski definition) is 0. The van der Waals surface area contributed by atoms with Gasteiger partial charge in [0.1, 0.15) is 0 Å². The van der Waals surface area contributed by atoms with E-state index in [1.165, 1.54) is 108 Å². The van der Waals surface area contributed by atoms with Crippen molar-refractivity contribution in [2.45, 2.75) is 9.79 Å². The summed E-state index contributed by atoms with van der Waals surface area (Å²) in [5.74, 6) is 0. The fourth-order valence-corrected chi connectivity index (χ4v) is 13.2. The van der Waals surface area contributed by atoms with Crippen LogP contribution in [0.2, 0.25) is 0 Å². The zero-order valence-corrected chi connectivity index (χ0v) is 34.5. The molecule has 7 heteroatoms. The molecule has 4 aliphatic rings. The molecule has 0 N–H and O–H groups in total. The zero-order valence-electron chi connectivity index (χ0n) is 32.9. The maximum Gasteiger partial charge on any atom is 0.252 e. The average Bonchev–Trinajstić information content (AvgIpc) is 3.71. The van der Waals surface area contributed by atoms with E-state index in [9.17, 15) is 0 Å². The van der Waals surface area contributed by atoms with Crippen LogP contribution in [0.15, 0.2) is 210 Å². The first-order valence-electron chi connectivity index (χ1n) is 21.0. The molecule has 0 fully saturated rings. The molecule has 0 spiro atoms. The van der Waals surface area contributed by atoms with Crippen LogP contribution in [-0.4, -0.2) is 13.4 Å². The molecule has 0 saturated carbocycles. The van der Waals surface area contributed by atoms with Crippen LogP contribution in [0.25, 0.3) is 20.2 Å². The van der Waals surface area contributed by atoms with E-state index < -0.39 is 0 Å². The van der Waals surface area contributed by atoms with Gasteiger partial charge in [-0.15, -0.1) is 11.3 Å². The number of fused-ring (bicyclic) bond motifs is 12. The fraction of sp³-hybridized carbons (Fsp3) is 0. The summed E-state index contributed by atoms with van der Waals surface area (Å²) in [6.07, 6.45) is 0. The Morgan fingerprint density at radius 2 is 0.918 bits per heavy atom. The third-order valence-electron chi connectivity index (χ3n) is 13.3. The molecule has 0 aliphatic carbocycles. The van der Waals surface area contributed by atoms with Crippen molar-refractivity contribution in [1.29, 1.82) is 0 Å². The van der Waals surface area contributed by atoms with Crippen molar-refractivity contribution in [1.82, 2.24) is 0 Å². The second-order valence-corrected chi connectivity index (χ2v) is 18.5. The van der Waals surface area contributed by atoms with Gasteiger partial charge < -0.3 is 14.7 Å². The largest absolute Gasteiger partial charge is 0.311 e. The highest BCUT2D eigenvalue weighted by Crippen LogP contribution is 2.49. The first-order valence-corrected chi connectivity index (χ1v) is 22.6. The van der Waals surface area contributed by atoms with Gasteiger partial charge in [-0.2, -0.15) is 0 Å². The molecule has 3 nitrogen and oxygen atoms in total. The van der Waals surface area contributed by atoms with Crippen LogP contribution >= 0.6 is 23.1 Å². The van der Waals surface area contributed by atoms with Crippen LogP contribution in [0.5, 0.6) is 0 Å². The van der Waals surface area contributed by atoms with Crippen LogP contribution in [0.1, 0.15) is 0 Å². The van der Waals surface area contributed by atoms with Gasteiger partial charge in [0.25, 0.3) is 6.71 Å². The van der Waals surface area contributed by atoms with Crippen molar-refractivity contribution in [3.63, 3.8) is 0 Å². The molecule has 0 saturated heterocycles. The summed E-state index contributed by atoms with van der Waals surface area (Å²) in [5.41, 5.74) is 19.2. The predicted octanol–water partition coefficient (Wildman–Crippen LogP) is 10.9. The Labute approximate surface area is 363 Å². The molecule has 5 heterocycles. The number of rotatable bonds is 3. The van der Waals surface area contributed by atoms with Gasteiger partial charge in [-0.25, -0.2) is 0 Å². The van der Waals surface area contributed by atoms with Crippen molar-refractivity contribution in [3.8, 4) is 0 Å². The third kappa shape index (κ3) is 4.68. The highest BCUT2D eigenvalue weighted by atomic mass is 32.2. The van der Waals surface area contributed by atoms with E-state index in [4.69, 9.17) is 0 Å². The molecule has 0 atom stereocenters. The Hall–Kier alpha value is -6.92. The topological polar surface area (TPSA) is 9.72 Å². The standard InChI is InChI=1S/C54H33B2N3S2/c1-4-16-34(17-5-1)57-42-24-12-11-23-38(42)55-41-32-40-46(33-50(41)61-49-29-15-27-45(57)53(49)55)58(35-18-6-2-7-19-35)43-25-14-26-44-52(43)56(40)39-30-31-48-51(37-22-10-13-28-47(37)60-48)54(39)59(44)36-20-8-3-9-21-36/h1-33H. The minimum atomic E-state index is 0.00535. The second-order valence-electron chi connectivity index (χ2n) is 16.4. The summed E-state index contributed by atoms with van der Waals surface area (Å²) in [6.45, 7) is 0.0867. The van der Waals surface area contributed by atoms with Gasteiger partial charge in [0.15, 0.2) is 0 Å². The third-order valence-corrected chi connectivity index (χ3v) is 15.5. The van der Waals surface area contributed by atoms with E-state index in [0.717, 1.165) is 5.69 Å². The maximum absolute atomic E-state index is 2.62. The van der Waals surface area contributed by atoms with Gasteiger partial charge in [0.2, 0.25) is 6.71 Å². The zero-order chi connectivity index (χ0) is 39.8. The molecule has 61 heavy (non-hydrogen) atoms. The van der Waals surface area contributed by atoms with Gasteiger partial charge in [-0.3, -0.25) is 0 Å². The van der Waals surface area contributed by atoms with Gasteiger partial charge in [-0.1, -0.05) is 132 Å². The molecule has 0 amide bonds. The van der Waals surface area contributed by atoms with Crippen molar-refractivity contribution in [3.05, 3.63) is 200 Å². The Bertz CT molecular complexity index is 3450. The number of nitrogens with zero attached hydrogens (tertiary/aromatic N) is 3. The smallest absolute Gasteiger partial charge is 0.252 e. The van der Waals surface area contributed by atoms with Crippen molar-refractivity contribution < 1.29 is 0 Å². The summed E-state index contributed by atoms with van der Waals surface area (Å²) < 4.78 is 2.63. The number of hydrogen-bond acceptors (Lipinski definition) is 5. The number of benzene rings is 9. The molecular formula is C54H33B2N3S2. The Balaban J connectivity index is 1.08. The summed E-state index contributed by atoms with van der Waals surface area (Å²) >= 11 is 3.82. The van der Waals surface area contributed by atoms with Crippen molar-refractivity contribution in [2.24, 2.45) is 0 Å². The highest BCUT2D eigenvalue weighted by Gasteiger charge is 2.47. The van der Waals surface area contributed by atoms with Crippen LogP contribution in [0.4, 0.5) is 51.2 Å². The predicted molar refractivity (Wildman–Crippen MR) is 263 cm³/mol. The summed E-state index contributed by atoms with van der Waals surface area (Å²) in [6, 6.07) is 74.8. The lowest BCUT2D eigenvalue weighted by molar-refractivity contribution is 1.25. The molecule has 0 bridgehead atoms. The molecule has 0 radical (unpaired) electrons. The number of thiophene rings is 1. The molecule has 14 rings (SSSR count). The van der Waals surface area contributed by atoms with Crippen LogP contribution < -0.4 is 47.5 Å². The monoisotopic (exact) mass is 809 g/mol. The lowest BCUT2D eigenvalue weighted by Crippen LogP contribution is -2.64. The van der Waals surface area contributed by atoms with E-state index in [1.54, 1.807) is 0 Å². The van der Waals surface area contributed by atoms with Gasteiger partial charge in [0.05, 0.1) is 5.69 Å². The molecule has 9 aromatic carbocycles. The average molecular weight is 810 g/mol. The minimum Gasteiger partial charge on any atom is -0.311 e. The number of anilines is 9. The molecular weight excluding hydrogens is 776 g/mol. The van der Waals surface area contributed by atoms with E-state index >= 15 is 0 Å². The quantitative estimate of drug-likeness (QED) is 0.164. The fourth-order valence-electron chi connectivity index (χ4n) is 10.9. The molecule has 10 aromatic rings. The maximum atomic E-state index is 2.62. The van der Waals surface area contributed by atoms with Gasteiger partial charge >= 0.3 is 0 Å².